The van der Waals surface area contributed by atoms with Gasteiger partial charge in [-0.25, -0.2) is 0 Å². The van der Waals surface area contributed by atoms with Crippen molar-refractivity contribution >= 4 is 5.97 Å². The molecular formula is C28H48O2. The minimum absolute atomic E-state index is 0.0191. The molecule has 30 heavy (non-hydrogen) atoms. The van der Waals surface area contributed by atoms with E-state index in [1.54, 1.807) is 0 Å². The topological polar surface area (TPSA) is 26.3 Å². The maximum absolute atomic E-state index is 12.4. The fraction of sp³-hybridized carbons (Fsp3) is 0.750. The van der Waals surface area contributed by atoms with Crippen LogP contribution >= 0.6 is 0 Å². The molecule has 1 aromatic rings. The van der Waals surface area contributed by atoms with Gasteiger partial charge in [0.05, 0.1) is 0 Å². The van der Waals surface area contributed by atoms with Crippen LogP contribution in [0.4, 0.5) is 0 Å². The zero-order valence-electron chi connectivity index (χ0n) is 20.0. The Morgan fingerprint density at radius 3 is 1.67 bits per heavy atom. The summed E-state index contributed by atoms with van der Waals surface area (Å²) < 4.78 is 5.56. The Hall–Kier alpha value is -1.31. The van der Waals surface area contributed by atoms with Gasteiger partial charge in [-0.1, -0.05) is 134 Å². The third-order valence-corrected chi connectivity index (χ3v) is 6.13. The first-order chi connectivity index (χ1) is 14.8. The van der Waals surface area contributed by atoms with Crippen molar-refractivity contribution in [3.63, 3.8) is 0 Å². The van der Waals surface area contributed by atoms with Gasteiger partial charge >= 0.3 is 5.97 Å². The summed E-state index contributed by atoms with van der Waals surface area (Å²) in [7, 11) is 0. The van der Waals surface area contributed by atoms with E-state index in [2.05, 4.69) is 13.8 Å². The average molecular weight is 417 g/mol. The van der Waals surface area contributed by atoms with E-state index in [4.69, 9.17) is 4.74 Å². The molecule has 0 saturated heterocycles. The molecule has 1 unspecified atom stereocenters. The Balaban J connectivity index is 2.27. The highest BCUT2D eigenvalue weighted by Gasteiger charge is 2.15. The standard InChI is InChI=1S/C28H48O2/c1-3-5-7-9-11-12-14-17-21-26(20-16-13-10-8-6-4-2)24-28(29)30-25-27-22-18-15-19-23-27/h15,18-19,22-23,26H,3-14,16-17,20-21,24-25H2,1-2H3. The first-order valence-electron chi connectivity index (χ1n) is 13.0. The highest BCUT2D eigenvalue weighted by molar-refractivity contribution is 5.69. The number of ether oxygens (including phenoxy) is 1. The van der Waals surface area contributed by atoms with Gasteiger partial charge in [0.15, 0.2) is 0 Å². The lowest BCUT2D eigenvalue weighted by molar-refractivity contribution is -0.146. The smallest absolute Gasteiger partial charge is 0.306 e. The first-order valence-corrected chi connectivity index (χ1v) is 13.0. The van der Waals surface area contributed by atoms with Crippen LogP contribution in [0.2, 0.25) is 0 Å². The van der Waals surface area contributed by atoms with E-state index in [1.165, 1.54) is 103 Å². The van der Waals surface area contributed by atoms with Crippen LogP contribution in [0.3, 0.4) is 0 Å². The third kappa shape index (κ3) is 15.5. The van der Waals surface area contributed by atoms with Gasteiger partial charge < -0.3 is 4.74 Å². The fourth-order valence-corrected chi connectivity index (χ4v) is 4.16. The molecule has 2 nitrogen and oxygen atoms in total. The Labute approximate surface area is 187 Å². The molecule has 1 aromatic carbocycles. The van der Waals surface area contributed by atoms with Crippen molar-refractivity contribution in [2.75, 3.05) is 0 Å². The monoisotopic (exact) mass is 416 g/mol. The largest absolute Gasteiger partial charge is 0.461 e. The summed E-state index contributed by atoms with van der Waals surface area (Å²) >= 11 is 0. The van der Waals surface area contributed by atoms with Gasteiger partial charge in [0.25, 0.3) is 0 Å². The number of benzene rings is 1. The highest BCUT2D eigenvalue weighted by atomic mass is 16.5. The molecular weight excluding hydrogens is 368 g/mol. The van der Waals surface area contributed by atoms with Crippen LogP contribution < -0.4 is 0 Å². The predicted molar refractivity (Wildman–Crippen MR) is 130 cm³/mol. The molecule has 1 rings (SSSR count). The van der Waals surface area contributed by atoms with Crippen molar-refractivity contribution in [1.82, 2.24) is 0 Å². The molecule has 0 aliphatic carbocycles. The van der Waals surface area contributed by atoms with E-state index < -0.39 is 0 Å². The number of esters is 1. The summed E-state index contributed by atoms with van der Waals surface area (Å²) in [5.41, 5.74) is 1.07. The van der Waals surface area contributed by atoms with Crippen molar-refractivity contribution in [1.29, 1.82) is 0 Å². The van der Waals surface area contributed by atoms with E-state index in [0.29, 0.717) is 18.9 Å². The average Bonchev–Trinajstić information content (AvgIpc) is 2.77. The number of carbonyl (C=O) groups excluding carboxylic acids is 1. The van der Waals surface area contributed by atoms with E-state index in [0.717, 1.165) is 5.56 Å². The van der Waals surface area contributed by atoms with Gasteiger partial charge in [-0.3, -0.25) is 4.79 Å². The summed E-state index contributed by atoms with van der Waals surface area (Å²) in [6, 6.07) is 10.0. The molecule has 0 N–H and O–H groups in total. The molecule has 0 bridgehead atoms. The second-order valence-electron chi connectivity index (χ2n) is 9.04. The number of hydrogen-bond acceptors (Lipinski definition) is 2. The lowest BCUT2D eigenvalue weighted by atomic mass is 9.91. The minimum atomic E-state index is -0.0191. The quantitative estimate of drug-likeness (QED) is 0.156. The van der Waals surface area contributed by atoms with Crippen molar-refractivity contribution in [2.45, 2.75) is 130 Å². The Bertz CT molecular complexity index is 497. The Kier molecular flexibility index (Phi) is 17.5. The van der Waals surface area contributed by atoms with Gasteiger partial charge in [0.2, 0.25) is 0 Å². The number of carbonyl (C=O) groups is 1. The second-order valence-corrected chi connectivity index (χ2v) is 9.04. The zero-order valence-corrected chi connectivity index (χ0v) is 20.0. The van der Waals surface area contributed by atoms with Gasteiger partial charge in [-0.2, -0.15) is 0 Å². The van der Waals surface area contributed by atoms with E-state index in [1.807, 2.05) is 30.3 Å². The summed E-state index contributed by atoms with van der Waals surface area (Å²) in [4.78, 5) is 12.4. The Morgan fingerprint density at radius 1 is 0.700 bits per heavy atom. The highest BCUT2D eigenvalue weighted by Crippen LogP contribution is 2.23. The van der Waals surface area contributed by atoms with Gasteiger partial charge in [0, 0.05) is 6.42 Å². The van der Waals surface area contributed by atoms with Crippen molar-refractivity contribution in [3.8, 4) is 0 Å². The minimum Gasteiger partial charge on any atom is -0.461 e. The molecule has 0 spiro atoms. The van der Waals surface area contributed by atoms with Crippen molar-refractivity contribution in [2.24, 2.45) is 5.92 Å². The lowest BCUT2D eigenvalue weighted by Crippen LogP contribution is -2.12. The van der Waals surface area contributed by atoms with Gasteiger partial charge in [-0.15, -0.1) is 0 Å². The van der Waals surface area contributed by atoms with Crippen LogP contribution in [0.15, 0.2) is 30.3 Å². The SMILES string of the molecule is CCCCCCCCCCC(CCCCCCCC)CC(=O)OCc1ccccc1. The molecule has 2 heteroatoms. The number of unbranched alkanes of at least 4 members (excludes halogenated alkanes) is 12. The predicted octanol–water partition coefficient (Wildman–Crippen LogP) is 9.02. The molecule has 0 radical (unpaired) electrons. The summed E-state index contributed by atoms with van der Waals surface area (Å²) in [5, 5.41) is 0. The normalized spacial score (nSPS) is 12.1. The van der Waals surface area contributed by atoms with Crippen LogP contribution in [0.1, 0.15) is 129 Å². The Morgan fingerprint density at radius 2 is 1.17 bits per heavy atom. The van der Waals surface area contributed by atoms with Gasteiger partial charge in [0.1, 0.15) is 6.61 Å². The second kappa shape index (κ2) is 19.6. The van der Waals surface area contributed by atoms with Crippen molar-refractivity contribution in [3.05, 3.63) is 35.9 Å². The van der Waals surface area contributed by atoms with Crippen LogP contribution in [0, 0.1) is 5.92 Å². The molecule has 0 saturated carbocycles. The molecule has 172 valence electrons. The molecule has 0 fully saturated rings. The molecule has 1 atom stereocenters. The first kappa shape index (κ1) is 26.7. The third-order valence-electron chi connectivity index (χ3n) is 6.13. The van der Waals surface area contributed by atoms with E-state index in [-0.39, 0.29) is 5.97 Å². The zero-order chi connectivity index (χ0) is 21.7. The maximum atomic E-state index is 12.4. The molecule has 0 amide bonds. The van der Waals surface area contributed by atoms with E-state index >= 15 is 0 Å². The fourth-order valence-electron chi connectivity index (χ4n) is 4.16. The van der Waals surface area contributed by atoms with Crippen LogP contribution in [-0.4, -0.2) is 5.97 Å². The van der Waals surface area contributed by atoms with Gasteiger partial charge in [-0.05, 0) is 24.3 Å². The summed E-state index contributed by atoms with van der Waals surface area (Å²) in [6.45, 7) is 4.94. The maximum Gasteiger partial charge on any atom is 0.306 e. The van der Waals surface area contributed by atoms with Crippen molar-refractivity contribution < 1.29 is 9.53 Å². The molecule has 0 aromatic heterocycles. The molecule has 0 heterocycles. The van der Waals surface area contributed by atoms with Crippen LogP contribution in [0.25, 0.3) is 0 Å². The summed E-state index contributed by atoms with van der Waals surface area (Å²) in [5.74, 6) is 0.481. The van der Waals surface area contributed by atoms with Crippen LogP contribution in [-0.2, 0) is 16.1 Å². The van der Waals surface area contributed by atoms with Crippen LogP contribution in [0.5, 0.6) is 0 Å². The van der Waals surface area contributed by atoms with E-state index in [9.17, 15) is 4.79 Å². The summed E-state index contributed by atoms with van der Waals surface area (Å²) in [6.07, 6.45) is 21.7. The number of rotatable bonds is 20. The molecule has 0 aliphatic rings. The molecule has 0 aliphatic heterocycles. The lowest BCUT2D eigenvalue weighted by Gasteiger charge is -2.16. The number of hydrogen-bond donors (Lipinski definition) is 0.